The van der Waals surface area contributed by atoms with Crippen molar-refractivity contribution in [3.63, 3.8) is 0 Å². The van der Waals surface area contributed by atoms with E-state index in [1.807, 2.05) is 30.3 Å². The first-order chi connectivity index (χ1) is 28.6. The summed E-state index contributed by atoms with van der Waals surface area (Å²) in [5.41, 5.74) is 3.54. The van der Waals surface area contributed by atoms with Gasteiger partial charge in [0.25, 0.3) is 0 Å². The number of nitrogens with zero attached hydrogens (tertiary/aromatic N) is 2. The lowest BCUT2D eigenvalue weighted by Crippen LogP contribution is -2.74. The smallest absolute Gasteiger partial charge is 0.179 e. The summed E-state index contributed by atoms with van der Waals surface area (Å²) in [6.45, 7) is 0. The van der Waals surface area contributed by atoms with E-state index in [4.69, 9.17) is 11.0 Å². The lowest BCUT2D eigenvalue weighted by molar-refractivity contribution is 1.17. The SMILES string of the molecule is [2H]c1c([2H])c([2H])c2c(c1[2H])c1c([2H])c([2H])c([2H])c([2H])c1n2-c1ccc2c(c1)c1ccccc1n2-c1ccc([Si](c2ccccc2)(c2ccccc2)c2ccccc2)cc1. The van der Waals surface area contributed by atoms with Gasteiger partial charge in [0.2, 0.25) is 0 Å². The van der Waals surface area contributed by atoms with Gasteiger partial charge in [-0.1, -0.05) is 158 Å². The third kappa shape index (κ3) is 4.49. The number of hydrogen-bond acceptors (Lipinski definition) is 0. The van der Waals surface area contributed by atoms with Crippen LogP contribution in [0, 0.1) is 0 Å². The lowest BCUT2D eigenvalue weighted by Gasteiger charge is -2.34. The van der Waals surface area contributed by atoms with Gasteiger partial charge in [-0.25, -0.2) is 0 Å². The van der Waals surface area contributed by atoms with Gasteiger partial charge in [-0.3, -0.25) is 0 Å². The third-order valence-electron chi connectivity index (χ3n) is 10.1. The van der Waals surface area contributed by atoms with Gasteiger partial charge in [0.15, 0.2) is 8.07 Å². The molecule has 10 rings (SSSR count). The number of rotatable bonds is 6. The highest BCUT2D eigenvalue weighted by Gasteiger charge is 2.41. The highest BCUT2D eigenvalue weighted by molar-refractivity contribution is 7.19. The van der Waals surface area contributed by atoms with Crippen LogP contribution in [0.1, 0.15) is 11.0 Å². The average molecular weight is 675 g/mol. The van der Waals surface area contributed by atoms with Crippen molar-refractivity contribution in [2.75, 3.05) is 0 Å². The van der Waals surface area contributed by atoms with E-state index in [-0.39, 0.29) is 46.0 Å². The molecular weight excluding hydrogens is 633 g/mol. The molecule has 0 aliphatic rings. The molecule has 0 aliphatic carbocycles. The molecule has 2 nitrogen and oxygen atoms in total. The maximum Gasteiger partial charge on any atom is 0.179 e. The van der Waals surface area contributed by atoms with E-state index < -0.39 is 32.2 Å². The second-order valence-corrected chi connectivity index (χ2v) is 16.5. The maximum atomic E-state index is 9.00. The molecule has 51 heavy (non-hydrogen) atoms. The van der Waals surface area contributed by atoms with Crippen molar-refractivity contribution in [3.8, 4) is 11.4 Å². The molecule has 0 bridgehead atoms. The van der Waals surface area contributed by atoms with Crippen LogP contribution in [0.2, 0.25) is 0 Å². The first-order valence-corrected chi connectivity index (χ1v) is 19.0. The second-order valence-electron chi connectivity index (χ2n) is 12.7. The highest BCUT2D eigenvalue weighted by atomic mass is 28.3. The molecule has 10 aromatic rings. The average Bonchev–Trinajstić information content (AvgIpc) is 3.82. The summed E-state index contributed by atoms with van der Waals surface area (Å²) >= 11 is 0. The van der Waals surface area contributed by atoms with Crippen LogP contribution in [0.25, 0.3) is 55.0 Å². The summed E-state index contributed by atoms with van der Waals surface area (Å²) in [5.74, 6) is 0. The fourth-order valence-electron chi connectivity index (χ4n) is 7.98. The normalized spacial score (nSPS) is 14.1. The van der Waals surface area contributed by atoms with E-state index in [1.165, 1.54) is 20.7 Å². The van der Waals surface area contributed by atoms with Crippen LogP contribution in [-0.2, 0) is 0 Å². The van der Waals surface area contributed by atoms with E-state index in [0.717, 1.165) is 27.5 Å². The Hall–Kier alpha value is -6.42. The Balaban J connectivity index is 1.21. The molecule has 0 radical (unpaired) electrons. The molecule has 0 aliphatic heterocycles. The van der Waals surface area contributed by atoms with Gasteiger partial charge in [0.05, 0.1) is 33.0 Å². The van der Waals surface area contributed by atoms with Crippen LogP contribution < -0.4 is 20.7 Å². The fraction of sp³-hybridized carbons (Fsp3) is 0. The minimum atomic E-state index is -2.75. The number of aromatic nitrogens is 2. The summed E-state index contributed by atoms with van der Waals surface area (Å²) in [6.07, 6.45) is 0. The van der Waals surface area contributed by atoms with Crippen molar-refractivity contribution in [2.45, 2.75) is 0 Å². The Bertz CT molecular complexity index is 3120. The zero-order valence-electron chi connectivity index (χ0n) is 35.4. The predicted octanol–water partition coefficient (Wildman–Crippen LogP) is 9.26. The molecule has 0 spiro atoms. The third-order valence-corrected chi connectivity index (χ3v) is 14.9. The monoisotopic (exact) mass is 674 g/mol. The van der Waals surface area contributed by atoms with Gasteiger partial charge < -0.3 is 9.13 Å². The zero-order valence-corrected chi connectivity index (χ0v) is 28.4. The summed E-state index contributed by atoms with van der Waals surface area (Å²) in [5, 5.41) is 7.05. The highest BCUT2D eigenvalue weighted by Crippen LogP contribution is 2.36. The van der Waals surface area contributed by atoms with Gasteiger partial charge in [0.1, 0.15) is 0 Å². The molecule has 2 aromatic heterocycles. The van der Waals surface area contributed by atoms with Crippen molar-refractivity contribution in [1.29, 1.82) is 0 Å². The van der Waals surface area contributed by atoms with Crippen molar-refractivity contribution < 1.29 is 11.0 Å². The van der Waals surface area contributed by atoms with E-state index in [9.17, 15) is 0 Å². The van der Waals surface area contributed by atoms with E-state index in [1.54, 1.807) is 4.57 Å². The van der Waals surface area contributed by atoms with E-state index in [2.05, 4.69) is 132 Å². The molecule has 3 heteroatoms. The van der Waals surface area contributed by atoms with Gasteiger partial charge in [-0.15, -0.1) is 0 Å². The minimum absolute atomic E-state index is 0.0572. The van der Waals surface area contributed by atoms with Gasteiger partial charge in [0, 0.05) is 32.9 Å². The topological polar surface area (TPSA) is 9.86 Å². The van der Waals surface area contributed by atoms with Gasteiger partial charge in [-0.05, 0) is 69.2 Å². The van der Waals surface area contributed by atoms with Crippen molar-refractivity contribution in [3.05, 3.63) is 206 Å². The van der Waals surface area contributed by atoms with Gasteiger partial charge in [-0.2, -0.15) is 0 Å². The molecule has 0 fully saturated rings. The molecule has 2 heterocycles. The quantitative estimate of drug-likeness (QED) is 0.123. The number of hydrogen-bond donors (Lipinski definition) is 0. The Morgan fingerprint density at radius 1 is 0.333 bits per heavy atom. The van der Waals surface area contributed by atoms with E-state index in [0.29, 0.717) is 5.69 Å². The van der Waals surface area contributed by atoms with Crippen LogP contribution in [0.4, 0.5) is 0 Å². The minimum Gasteiger partial charge on any atom is -0.309 e. The maximum absolute atomic E-state index is 9.00. The Kier molecular flexibility index (Phi) is 5.20. The molecule has 0 unspecified atom stereocenters. The van der Waals surface area contributed by atoms with E-state index >= 15 is 0 Å². The fourth-order valence-corrected chi connectivity index (χ4v) is 12.7. The second kappa shape index (κ2) is 11.9. The predicted molar refractivity (Wildman–Crippen MR) is 219 cm³/mol. The van der Waals surface area contributed by atoms with Crippen molar-refractivity contribution >= 4 is 72.4 Å². The summed E-state index contributed by atoms with van der Waals surface area (Å²) in [4.78, 5) is 0. The van der Waals surface area contributed by atoms with Crippen LogP contribution in [0.5, 0.6) is 0 Å². The summed E-state index contributed by atoms with van der Waals surface area (Å²) in [7, 11) is -2.75. The molecular formula is C48H34N2Si. The summed E-state index contributed by atoms with van der Waals surface area (Å²) < 4.78 is 73.5. The molecule has 0 atom stereocenters. The lowest BCUT2D eigenvalue weighted by atomic mass is 10.1. The number of benzene rings is 8. The number of fused-ring (bicyclic) bond motifs is 6. The van der Waals surface area contributed by atoms with Crippen molar-refractivity contribution in [1.82, 2.24) is 9.13 Å². The molecule has 8 aromatic carbocycles. The number of para-hydroxylation sites is 3. The van der Waals surface area contributed by atoms with Crippen LogP contribution in [0.3, 0.4) is 0 Å². The molecule has 0 N–H and O–H groups in total. The Morgan fingerprint density at radius 2 is 0.765 bits per heavy atom. The Labute approximate surface area is 309 Å². The zero-order chi connectivity index (χ0) is 40.7. The largest absolute Gasteiger partial charge is 0.309 e. The van der Waals surface area contributed by atoms with Crippen LogP contribution in [0.15, 0.2) is 206 Å². The molecule has 0 saturated carbocycles. The Morgan fingerprint density at radius 3 is 1.33 bits per heavy atom. The first-order valence-electron chi connectivity index (χ1n) is 21.0. The van der Waals surface area contributed by atoms with Crippen LogP contribution >= 0.6 is 0 Å². The standard InChI is InChI=1S/C48H34N2Si/c1-4-16-37(17-5-1)51(38-18-6-2-7-19-38,39-20-8-3-9-21-39)40-31-28-35(29-32-40)49-47-27-15-12-24-43(47)44-34-36(30-33-48(44)49)50-45-25-13-10-22-41(45)42-23-11-14-26-46(42)50/h1-34H/i10D,11D,13D,14D,22D,23D,25D,26D. The molecule has 240 valence electrons. The molecule has 0 amide bonds. The van der Waals surface area contributed by atoms with Gasteiger partial charge >= 0.3 is 0 Å². The first kappa shape index (κ1) is 22.3. The van der Waals surface area contributed by atoms with Crippen molar-refractivity contribution in [2.24, 2.45) is 0 Å². The summed E-state index contributed by atoms with van der Waals surface area (Å²) in [6, 6.07) is 52.0. The molecule has 0 saturated heterocycles. The van der Waals surface area contributed by atoms with Crippen LogP contribution in [-0.4, -0.2) is 17.2 Å².